The number of nitrogens with zero attached hydrogens (tertiary/aromatic N) is 2. The highest BCUT2D eigenvalue weighted by atomic mass is 32.1. The molecule has 0 unspecified atom stereocenters. The highest BCUT2D eigenvalue weighted by molar-refractivity contribution is 7.07. The maximum absolute atomic E-state index is 12.8. The van der Waals surface area contributed by atoms with Crippen LogP contribution in [0.2, 0.25) is 0 Å². The lowest BCUT2D eigenvalue weighted by Crippen LogP contribution is -2.30. The number of furan rings is 1. The molecule has 0 aliphatic rings. The Balaban J connectivity index is 1.96. The van der Waals surface area contributed by atoms with Crippen molar-refractivity contribution in [2.45, 2.75) is 6.61 Å². The van der Waals surface area contributed by atoms with Gasteiger partial charge in [-0.25, -0.2) is 4.98 Å². The Morgan fingerprint density at radius 3 is 2.78 bits per heavy atom. The molecule has 2 heterocycles. The average Bonchev–Trinajstić information content (AvgIpc) is 3.31. The summed E-state index contributed by atoms with van der Waals surface area (Å²) in [5, 5.41) is 3.70. The number of thiazole rings is 1. The van der Waals surface area contributed by atoms with Crippen LogP contribution in [0.25, 0.3) is 21.9 Å². The second kappa shape index (κ2) is 6.93. The van der Waals surface area contributed by atoms with E-state index in [9.17, 15) is 13.6 Å². The van der Waals surface area contributed by atoms with Crippen molar-refractivity contribution in [3.63, 3.8) is 0 Å². The van der Waals surface area contributed by atoms with Crippen LogP contribution in [0, 0.1) is 0 Å². The molecule has 6 nitrogen and oxygen atoms in total. The molecule has 0 saturated carbocycles. The number of ether oxygens (including phenoxy) is 1. The molecule has 1 amide bonds. The van der Waals surface area contributed by atoms with Gasteiger partial charge < -0.3 is 9.15 Å². The van der Waals surface area contributed by atoms with Crippen molar-refractivity contribution in [3.8, 4) is 5.75 Å². The standard InChI is InChI=1S/C18H12F2N2O4S/c1-24-22(17(23)11-8-27-9-21-11)12-6-7-14(26-18(19)20)16-15(12)10-4-2-3-5-13(10)25-16/h2-9,18H,1H3. The summed E-state index contributed by atoms with van der Waals surface area (Å²) in [6.45, 7) is -3.01. The second-order valence-electron chi connectivity index (χ2n) is 5.42. The third kappa shape index (κ3) is 3.00. The maximum Gasteiger partial charge on any atom is 0.387 e. The normalized spacial score (nSPS) is 11.4. The van der Waals surface area contributed by atoms with Gasteiger partial charge in [0, 0.05) is 10.8 Å². The second-order valence-corrected chi connectivity index (χ2v) is 6.14. The van der Waals surface area contributed by atoms with Crippen molar-refractivity contribution in [2.75, 3.05) is 12.2 Å². The Labute approximate surface area is 155 Å². The minimum atomic E-state index is -3.01. The van der Waals surface area contributed by atoms with Gasteiger partial charge in [-0.05, 0) is 18.2 Å². The molecular weight excluding hydrogens is 378 g/mol. The van der Waals surface area contributed by atoms with Crippen LogP contribution in [0.3, 0.4) is 0 Å². The molecule has 0 radical (unpaired) electrons. The van der Waals surface area contributed by atoms with E-state index in [1.807, 2.05) is 0 Å². The summed E-state index contributed by atoms with van der Waals surface area (Å²) < 4.78 is 35.9. The van der Waals surface area contributed by atoms with Gasteiger partial charge in [0.25, 0.3) is 0 Å². The van der Waals surface area contributed by atoms with Crippen LogP contribution < -0.4 is 9.80 Å². The Hall–Kier alpha value is -3.04. The summed E-state index contributed by atoms with van der Waals surface area (Å²) in [4.78, 5) is 22.0. The fraction of sp³-hybridized carbons (Fsp3) is 0.111. The van der Waals surface area contributed by atoms with Gasteiger partial charge >= 0.3 is 12.5 Å². The van der Waals surface area contributed by atoms with Gasteiger partial charge in [0.05, 0.1) is 23.7 Å². The van der Waals surface area contributed by atoms with E-state index < -0.39 is 12.5 Å². The summed E-state index contributed by atoms with van der Waals surface area (Å²) in [6, 6.07) is 9.78. The van der Waals surface area contributed by atoms with Gasteiger partial charge in [-0.3, -0.25) is 9.63 Å². The molecule has 9 heteroatoms. The Morgan fingerprint density at radius 2 is 2.07 bits per heavy atom. The third-order valence-electron chi connectivity index (χ3n) is 3.92. The first-order chi connectivity index (χ1) is 13.1. The number of rotatable bonds is 5. The smallest absolute Gasteiger partial charge is 0.387 e. The molecule has 27 heavy (non-hydrogen) atoms. The first-order valence-corrected chi connectivity index (χ1v) is 8.70. The highest BCUT2D eigenvalue weighted by Gasteiger charge is 2.26. The number of para-hydroxylation sites is 1. The first kappa shape index (κ1) is 17.4. The quantitative estimate of drug-likeness (QED) is 0.456. The number of anilines is 1. The zero-order valence-corrected chi connectivity index (χ0v) is 14.7. The van der Waals surface area contributed by atoms with Gasteiger partial charge in [-0.2, -0.15) is 13.8 Å². The molecule has 4 aromatic rings. The lowest BCUT2D eigenvalue weighted by atomic mass is 10.1. The zero-order chi connectivity index (χ0) is 19.0. The van der Waals surface area contributed by atoms with Gasteiger partial charge in [0.2, 0.25) is 0 Å². The molecule has 4 rings (SSSR count). The van der Waals surface area contributed by atoms with Gasteiger partial charge in [-0.15, -0.1) is 11.3 Å². The summed E-state index contributed by atoms with van der Waals surface area (Å²) in [7, 11) is 1.34. The zero-order valence-electron chi connectivity index (χ0n) is 13.9. The topological polar surface area (TPSA) is 64.8 Å². The molecule has 138 valence electrons. The van der Waals surface area contributed by atoms with Crippen LogP contribution in [-0.2, 0) is 4.84 Å². The number of alkyl halides is 2. The summed E-state index contributed by atoms with van der Waals surface area (Å²) in [5.74, 6) is -0.620. The molecular formula is C18H12F2N2O4S. The van der Waals surface area contributed by atoms with E-state index in [2.05, 4.69) is 9.72 Å². The maximum atomic E-state index is 12.8. The number of hydrogen-bond donors (Lipinski definition) is 0. The minimum absolute atomic E-state index is 0.0992. The van der Waals surface area contributed by atoms with Crippen LogP contribution in [-0.4, -0.2) is 24.6 Å². The summed E-state index contributed by atoms with van der Waals surface area (Å²) >= 11 is 1.27. The van der Waals surface area contributed by atoms with Crippen molar-refractivity contribution in [2.24, 2.45) is 0 Å². The Kier molecular flexibility index (Phi) is 4.46. The number of hydroxylamine groups is 1. The van der Waals surface area contributed by atoms with Crippen molar-refractivity contribution >= 4 is 44.9 Å². The van der Waals surface area contributed by atoms with Gasteiger partial charge in [-0.1, -0.05) is 18.2 Å². The summed E-state index contributed by atoms with van der Waals surface area (Å²) in [6.07, 6.45) is 0. The predicted octanol–water partition coefficient (Wildman–Crippen LogP) is 4.85. The number of fused-ring (bicyclic) bond motifs is 3. The number of benzene rings is 2. The van der Waals surface area contributed by atoms with Crippen LogP contribution in [0.4, 0.5) is 14.5 Å². The first-order valence-electron chi connectivity index (χ1n) is 7.76. The minimum Gasteiger partial charge on any atom is -0.452 e. The van der Waals surface area contributed by atoms with Crippen LogP contribution in [0.1, 0.15) is 10.5 Å². The molecule has 0 aliphatic carbocycles. The molecule has 0 saturated heterocycles. The van der Waals surface area contributed by atoms with E-state index in [1.165, 1.54) is 36.1 Å². The number of halogens is 2. The molecule has 0 bridgehead atoms. The lowest BCUT2D eigenvalue weighted by Gasteiger charge is -2.20. The molecule has 0 aliphatic heterocycles. The number of carbonyl (C=O) groups is 1. The number of amides is 1. The van der Waals surface area contributed by atoms with E-state index in [1.54, 1.807) is 29.6 Å². The van der Waals surface area contributed by atoms with Crippen molar-refractivity contribution in [1.82, 2.24) is 4.98 Å². The number of aromatic nitrogens is 1. The van der Waals surface area contributed by atoms with E-state index in [0.717, 1.165) is 5.06 Å². The van der Waals surface area contributed by atoms with Crippen molar-refractivity contribution in [3.05, 3.63) is 53.0 Å². The molecule has 0 spiro atoms. The van der Waals surface area contributed by atoms with Gasteiger partial charge in [0.1, 0.15) is 11.3 Å². The van der Waals surface area contributed by atoms with E-state index in [-0.39, 0.29) is 17.0 Å². The third-order valence-corrected chi connectivity index (χ3v) is 4.51. The van der Waals surface area contributed by atoms with E-state index >= 15 is 0 Å². The van der Waals surface area contributed by atoms with Crippen molar-refractivity contribution < 1.29 is 27.6 Å². The summed E-state index contributed by atoms with van der Waals surface area (Å²) in [5.41, 5.74) is 2.63. The van der Waals surface area contributed by atoms with Crippen LogP contribution in [0.5, 0.6) is 5.75 Å². The van der Waals surface area contributed by atoms with Crippen LogP contribution in [0.15, 0.2) is 51.7 Å². The molecule has 0 fully saturated rings. The average molecular weight is 390 g/mol. The van der Waals surface area contributed by atoms with E-state index in [0.29, 0.717) is 22.0 Å². The molecule has 2 aromatic heterocycles. The fourth-order valence-electron chi connectivity index (χ4n) is 2.86. The SMILES string of the molecule is CON(C(=O)c1cscn1)c1ccc(OC(F)F)c2oc3ccccc3c12. The Morgan fingerprint density at radius 1 is 1.26 bits per heavy atom. The monoisotopic (exact) mass is 390 g/mol. The van der Waals surface area contributed by atoms with Crippen LogP contribution >= 0.6 is 11.3 Å². The highest BCUT2D eigenvalue weighted by Crippen LogP contribution is 2.41. The molecule has 0 atom stereocenters. The van der Waals surface area contributed by atoms with Crippen molar-refractivity contribution in [1.29, 1.82) is 0 Å². The number of carbonyl (C=O) groups excluding carboxylic acids is 1. The molecule has 0 N–H and O–H groups in total. The largest absolute Gasteiger partial charge is 0.452 e. The molecule has 2 aromatic carbocycles. The predicted molar refractivity (Wildman–Crippen MR) is 96.3 cm³/mol. The fourth-order valence-corrected chi connectivity index (χ4v) is 3.38. The lowest BCUT2D eigenvalue weighted by molar-refractivity contribution is -0.0493. The van der Waals surface area contributed by atoms with Gasteiger partial charge in [0.15, 0.2) is 11.3 Å². The number of hydrogen-bond acceptors (Lipinski definition) is 6. The van der Waals surface area contributed by atoms with E-state index in [4.69, 9.17) is 9.25 Å². The Bertz CT molecular complexity index is 1110.